The third-order valence-corrected chi connectivity index (χ3v) is 4.68. The number of nitrogens with one attached hydrogen (secondary N) is 1. The molecule has 0 saturated carbocycles. The Morgan fingerprint density at radius 2 is 1.89 bits per heavy atom. The molecular weight excluding hydrogens is 377 g/mol. The number of nitrogens with zero attached hydrogens (tertiary/aromatic N) is 1. The predicted molar refractivity (Wildman–Crippen MR) is 98.6 cm³/mol. The molecule has 1 atom stereocenters. The number of para-hydroxylation sites is 1. The lowest BCUT2D eigenvalue weighted by Crippen LogP contribution is -2.25. The van der Waals surface area contributed by atoms with E-state index >= 15 is 0 Å². The molecule has 2 rings (SSSR count). The van der Waals surface area contributed by atoms with E-state index in [0.717, 1.165) is 6.07 Å². The summed E-state index contributed by atoms with van der Waals surface area (Å²) >= 11 is 1.27. The molecule has 0 fully saturated rings. The average molecular weight is 394 g/mol. The summed E-state index contributed by atoms with van der Waals surface area (Å²) in [5, 5.41) is 10.5. The van der Waals surface area contributed by atoms with Crippen LogP contribution in [0.1, 0.15) is 18.1 Å². The Kier molecular flexibility index (Phi) is 7.13. The van der Waals surface area contributed by atoms with Gasteiger partial charge in [0.05, 0.1) is 34.7 Å². The number of alkyl halides is 3. The van der Waals surface area contributed by atoms with E-state index in [9.17, 15) is 18.0 Å². The number of rotatable bonds is 7. The van der Waals surface area contributed by atoms with Crippen LogP contribution in [0, 0.1) is 11.3 Å². The van der Waals surface area contributed by atoms with Crippen LogP contribution in [0.5, 0.6) is 5.75 Å². The lowest BCUT2D eigenvalue weighted by Gasteiger charge is -2.16. The second-order valence-corrected chi connectivity index (χ2v) is 6.98. The number of hydrogen-bond acceptors (Lipinski definition) is 4. The van der Waals surface area contributed by atoms with Crippen molar-refractivity contribution in [3.05, 3.63) is 59.7 Å². The summed E-state index contributed by atoms with van der Waals surface area (Å²) in [6, 6.07) is 13.5. The maximum Gasteiger partial charge on any atom is 0.418 e. The first-order chi connectivity index (χ1) is 12.8. The van der Waals surface area contributed by atoms with Crippen LogP contribution in [0.2, 0.25) is 0 Å². The van der Waals surface area contributed by atoms with Gasteiger partial charge in [-0.3, -0.25) is 4.79 Å². The molecule has 0 aromatic heterocycles. The van der Waals surface area contributed by atoms with Crippen molar-refractivity contribution >= 4 is 23.4 Å². The Balaban J connectivity index is 1.81. The summed E-state index contributed by atoms with van der Waals surface area (Å²) in [7, 11) is 0. The Morgan fingerprint density at radius 3 is 2.52 bits per heavy atom. The molecule has 4 nitrogen and oxygen atoms in total. The molecule has 0 aliphatic rings. The van der Waals surface area contributed by atoms with Gasteiger partial charge < -0.3 is 10.1 Å². The van der Waals surface area contributed by atoms with Crippen molar-refractivity contribution in [2.75, 3.05) is 17.7 Å². The Bertz CT molecular complexity index is 817. The van der Waals surface area contributed by atoms with E-state index in [-0.39, 0.29) is 5.69 Å². The van der Waals surface area contributed by atoms with E-state index < -0.39 is 22.9 Å². The highest BCUT2D eigenvalue weighted by Gasteiger charge is 2.33. The summed E-state index contributed by atoms with van der Waals surface area (Å²) < 4.78 is 44.4. The predicted octanol–water partition coefficient (Wildman–Crippen LogP) is 4.72. The molecule has 0 radical (unpaired) electrons. The maximum atomic E-state index is 13.0. The molecular formula is C19H17F3N2O2S. The van der Waals surface area contributed by atoms with Crippen molar-refractivity contribution in [3.63, 3.8) is 0 Å². The van der Waals surface area contributed by atoms with Gasteiger partial charge in [-0.15, -0.1) is 11.8 Å². The van der Waals surface area contributed by atoms with Crippen LogP contribution in [-0.4, -0.2) is 23.5 Å². The van der Waals surface area contributed by atoms with Crippen molar-refractivity contribution in [1.29, 1.82) is 5.26 Å². The van der Waals surface area contributed by atoms with Gasteiger partial charge in [-0.05, 0) is 43.3 Å². The minimum absolute atomic E-state index is 0.253. The number of nitriles is 1. The van der Waals surface area contributed by atoms with Crippen LogP contribution >= 0.6 is 11.8 Å². The van der Waals surface area contributed by atoms with Crippen LogP contribution in [0.15, 0.2) is 48.5 Å². The van der Waals surface area contributed by atoms with E-state index in [1.165, 1.54) is 30.0 Å². The smallest absolute Gasteiger partial charge is 0.418 e. The Hall–Kier alpha value is -2.66. The topological polar surface area (TPSA) is 62.1 Å². The number of thioether (sulfide) groups is 1. The molecule has 0 aliphatic heterocycles. The molecule has 0 bridgehead atoms. The quantitative estimate of drug-likeness (QED) is 0.691. The summed E-state index contributed by atoms with van der Waals surface area (Å²) in [5.41, 5.74) is -0.600. The number of anilines is 1. The highest BCUT2D eigenvalue weighted by molar-refractivity contribution is 8.00. The molecule has 0 saturated heterocycles. The van der Waals surface area contributed by atoms with Crippen LogP contribution in [-0.2, 0) is 11.0 Å². The number of carbonyl (C=O) groups is 1. The number of amides is 1. The fourth-order valence-electron chi connectivity index (χ4n) is 2.16. The van der Waals surface area contributed by atoms with Crippen molar-refractivity contribution < 1.29 is 22.7 Å². The van der Waals surface area contributed by atoms with Crippen molar-refractivity contribution in [3.8, 4) is 11.8 Å². The van der Waals surface area contributed by atoms with Gasteiger partial charge in [0.15, 0.2) is 0 Å². The molecule has 1 amide bonds. The zero-order chi connectivity index (χ0) is 19.9. The fraction of sp³-hybridized carbons (Fsp3) is 0.263. The SMILES string of the molecule is CC(SCCOc1ccc(C#N)cc1)C(=O)Nc1ccccc1C(F)(F)F. The van der Waals surface area contributed by atoms with Gasteiger partial charge in [0, 0.05) is 5.75 Å². The van der Waals surface area contributed by atoms with Crippen molar-refractivity contribution in [2.24, 2.45) is 0 Å². The first-order valence-corrected chi connectivity index (χ1v) is 9.08. The van der Waals surface area contributed by atoms with Gasteiger partial charge in [0.1, 0.15) is 5.75 Å². The minimum atomic E-state index is -4.53. The number of halogens is 3. The second kappa shape index (κ2) is 9.33. The number of carbonyl (C=O) groups excluding carboxylic acids is 1. The third-order valence-electron chi connectivity index (χ3n) is 3.56. The standard InChI is InChI=1S/C19H17F3N2O2S/c1-13(27-11-10-26-15-8-6-14(12-23)7-9-15)18(25)24-17-5-3-2-4-16(17)19(20,21)22/h2-9,13H,10-11H2,1H3,(H,24,25). The molecule has 8 heteroatoms. The summed E-state index contributed by atoms with van der Waals surface area (Å²) in [4.78, 5) is 12.2. The van der Waals surface area contributed by atoms with E-state index in [0.29, 0.717) is 23.7 Å². The number of benzene rings is 2. The zero-order valence-electron chi connectivity index (χ0n) is 14.4. The van der Waals surface area contributed by atoms with E-state index in [2.05, 4.69) is 5.32 Å². The molecule has 0 aliphatic carbocycles. The summed E-state index contributed by atoms with van der Waals surface area (Å²) in [5.74, 6) is 0.580. The van der Waals surface area contributed by atoms with Crippen LogP contribution in [0.4, 0.5) is 18.9 Å². The van der Waals surface area contributed by atoms with Gasteiger partial charge in [0.2, 0.25) is 5.91 Å². The van der Waals surface area contributed by atoms with Crippen molar-refractivity contribution in [1.82, 2.24) is 0 Å². The van der Waals surface area contributed by atoms with E-state index in [1.807, 2.05) is 6.07 Å². The Labute approximate surface area is 159 Å². The monoisotopic (exact) mass is 394 g/mol. The highest BCUT2D eigenvalue weighted by atomic mass is 32.2. The lowest BCUT2D eigenvalue weighted by atomic mass is 10.1. The van der Waals surface area contributed by atoms with E-state index in [1.54, 1.807) is 31.2 Å². The first-order valence-electron chi connectivity index (χ1n) is 8.03. The molecule has 0 heterocycles. The molecule has 2 aromatic carbocycles. The van der Waals surface area contributed by atoms with Crippen LogP contribution in [0.3, 0.4) is 0 Å². The summed E-state index contributed by atoms with van der Waals surface area (Å²) in [6.07, 6.45) is -4.53. The normalized spacial score (nSPS) is 12.1. The van der Waals surface area contributed by atoms with Gasteiger partial charge in [-0.25, -0.2) is 0 Å². The van der Waals surface area contributed by atoms with Crippen molar-refractivity contribution in [2.45, 2.75) is 18.3 Å². The molecule has 27 heavy (non-hydrogen) atoms. The van der Waals surface area contributed by atoms with Gasteiger partial charge >= 0.3 is 6.18 Å². The fourth-order valence-corrected chi connectivity index (χ4v) is 2.90. The first kappa shape index (κ1) is 20.6. The molecule has 0 spiro atoms. The van der Waals surface area contributed by atoms with Crippen LogP contribution < -0.4 is 10.1 Å². The van der Waals surface area contributed by atoms with Gasteiger partial charge in [-0.1, -0.05) is 12.1 Å². The minimum Gasteiger partial charge on any atom is -0.493 e. The lowest BCUT2D eigenvalue weighted by molar-refractivity contribution is -0.137. The third kappa shape index (κ3) is 6.22. The maximum absolute atomic E-state index is 13.0. The average Bonchev–Trinajstić information content (AvgIpc) is 2.65. The zero-order valence-corrected chi connectivity index (χ0v) is 15.2. The summed E-state index contributed by atoms with van der Waals surface area (Å²) in [6.45, 7) is 1.95. The highest BCUT2D eigenvalue weighted by Crippen LogP contribution is 2.34. The van der Waals surface area contributed by atoms with Gasteiger partial charge in [0.25, 0.3) is 0 Å². The Morgan fingerprint density at radius 1 is 1.22 bits per heavy atom. The molecule has 1 N–H and O–H groups in total. The van der Waals surface area contributed by atoms with E-state index in [4.69, 9.17) is 10.00 Å². The number of ether oxygens (including phenoxy) is 1. The van der Waals surface area contributed by atoms with Gasteiger partial charge in [-0.2, -0.15) is 18.4 Å². The van der Waals surface area contributed by atoms with Crippen LogP contribution in [0.25, 0.3) is 0 Å². The largest absolute Gasteiger partial charge is 0.493 e. The number of hydrogen-bond donors (Lipinski definition) is 1. The molecule has 2 aromatic rings. The molecule has 1 unspecified atom stereocenters. The molecule has 142 valence electrons. The second-order valence-electron chi connectivity index (χ2n) is 5.53.